The van der Waals surface area contributed by atoms with E-state index in [2.05, 4.69) is 5.32 Å². The van der Waals surface area contributed by atoms with Crippen molar-refractivity contribution in [2.45, 2.75) is 4.33 Å². The van der Waals surface area contributed by atoms with E-state index in [1.54, 1.807) is 9.91 Å². The number of nitrogens with one attached hydrogen (secondary N) is 1. The van der Waals surface area contributed by atoms with Gasteiger partial charge < -0.3 is 5.32 Å². The van der Waals surface area contributed by atoms with Crippen LogP contribution in [0.15, 0.2) is 131 Å². The maximum Gasteiger partial charge on any atom is 0.282 e. The van der Waals surface area contributed by atoms with Crippen LogP contribution in [0.25, 0.3) is 6.08 Å². The van der Waals surface area contributed by atoms with Crippen LogP contribution in [-0.4, -0.2) is 21.2 Å². The number of hydrogen-bond acceptors (Lipinski definition) is 6. The Morgan fingerprint density at radius 1 is 0.737 bits per heavy atom. The van der Waals surface area contributed by atoms with Gasteiger partial charge in [-0.2, -0.15) is 5.10 Å². The first-order valence-electron chi connectivity index (χ1n) is 12.0. The van der Waals surface area contributed by atoms with Crippen LogP contribution < -0.4 is 15.2 Å². The van der Waals surface area contributed by atoms with Crippen LogP contribution >= 0.6 is 23.5 Å². The second-order valence-electron chi connectivity index (χ2n) is 8.52. The van der Waals surface area contributed by atoms with Gasteiger partial charge in [0.15, 0.2) is 5.04 Å². The number of anilines is 3. The van der Waals surface area contributed by atoms with Crippen molar-refractivity contribution in [1.82, 2.24) is 0 Å². The summed E-state index contributed by atoms with van der Waals surface area (Å²) < 4.78 is -1.08. The predicted molar refractivity (Wildman–Crippen MR) is 158 cm³/mol. The number of thioether (sulfide) groups is 2. The van der Waals surface area contributed by atoms with E-state index in [4.69, 9.17) is 5.10 Å². The van der Waals surface area contributed by atoms with Crippen molar-refractivity contribution < 1.29 is 9.59 Å². The zero-order chi connectivity index (χ0) is 26.0. The number of carbonyl (C=O) groups excluding carboxylic acids is 2. The number of hydrogen-bond donors (Lipinski definition) is 1. The third kappa shape index (κ3) is 4.49. The topological polar surface area (TPSA) is 65.0 Å². The van der Waals surface area contributed by atoms with Crippen LogP contribution in [0, 0.1) is 0 Å². The number of nitrogens with zero attached hydrogens (tertiary/aromatic N) is 3. The van der Waals surface area contributed by atoms with Gasteiger partial charge in [0.1, 0.15) is 0 Å². The summed E-state index contributed by atoms with van der Waals surface area (Å²) in [6.45, 7) is 0. The highest BCUT2D eigenvalue weighted by Gasteiger charge is 2.60. The highest BCUT2D eigenvalue weighted by molar-refractivity contribution is 8.29. The molecule has 1 N–H and O–H groups in total. The summed E-state index contributed by atoms with van der Waals surface area (Å²) in [5, 5.41) is 9.78. The highest BCUT2D eigenvalue weighted by atomic mass is 32.2. The maximum atomic E-state index is 14.1. The van der Waals surface area contributed by atoms with E-state index in [1.807, 2.05) is 127 Å². The molecule has 2 aliphatic rings. The molecule has 1 fully saturated rings. The summed E-state index contributed by atoms with van der Waals surface area (Å²) >= 11 is 2.65. The van der Waals surface area contributed by atoms with Gasteiger partial charge in [-0.3, -0.25) is 14.5 Å². The van der Waals surface area contributed by atoms with Crippen molar-refractivity contribution in [3.05, 3.63) is 132 Å². The minimum Gasteiger partial charge on any atom is -0.320 e. The summed E-state index contributed by atoms with van der Waals surface area (Å²) in [7, 11) is 0. The molecule has 0 radical (unpaired) electrons. The molecule has 6 rings (SSSR count). The Hall–Kier alpha value is -4.27. The van der Waals surface area contributed by atoms with Gasteiger partial charge in [-0.05, 0) is 59.8 Å². The Kier molecular flexibility index (Phi) is 6.49. The molecule has 8 heteroatoms. The quantitative estimate of drug-likeness (QED) is 0.291. The third-order valence-electron chi connectivity index (χ3n) is 5.97. The standard InChI is InChI=1S/C30H22N4O2S2/c35-27(31-23-15-7-2-8-16-23)28-32-34(25-19-11-4-12-20-25)30(38-28)33(24-17-9-3-10-18-24)29(36)26(37-30)21-22-13-5-1-6-14-22/h1-21H,(H,31,35)/b26-21+. The van der Waals surface area contributed by atoms with Crippen LogP contribution in [0.2, 0.25) is 0 Å². The molecular formula is C30H22N4O2S2. The molecule has 1 unspecified atom stereocenters. The molecule has 4 aromatic carbocycles. The van der Waals surface area contributed by atoms with Crippen LogP contribution in [0.1, 0.15) is 5.56 Å². The van der Waals surface area contributed by atoms with Gasteiger partial charge in [0.2, 0.25) is 4.33 Å². The first kappa shape index (κ1) is 24.1. The molecule has 4 aromatic rings. The van der Waals surface area contributed by atoms with Gasteiger partial charge in [0.25, 0.3) is 11.8 Å². The Bertz CT molecular complexity index is 1530. The molecule has 0 bridgehead atoms. The number of benzene rings is 4. The van der Waals surface area contributed by atoms with Crippen molar-refractivity contribution in [2.24, 2.45) is 5.10 Å². The molecule has 0 aromatic heterocycles. The van der Waals surface area contributed by atoms with Gasteiger partial charge in [-0.15, -0.1) is 0 Å². The van der Waals surface area contributed by atoms with E-state index in [0.717, 1.165) is 16.9 Å². The van der Waals surface area contributed by atoms with Crippen molar-refractivity contribution >= 4 is 63.5 Å². The van der Waals surface area contributed by atoms with Gasteiger partial charge in [-0.25, -0.2) is 5.01 Å². The normalized spacial score (nSPS) is 19.7. The van der Waals surface area contributed by atoms with Crippen molar-refractivity contribution in [2.75, 3.05) is 15.2 Å². The SMILES string of the molecule is O=C(Nc1ccccc1)C1=NN(c2ccccc2)C2(S1)S/C(=C/c1ccccc1)C(=O)N2c1ccccc1. The lowest BCUT2D eigenvalue weighted by Crippen LogP contribution is -2.51. The fraction of sp³-hybridized carbons (Fsp3) is 0.0333. The molecule has 0 aliphatic carbocycles. The van der Waals surface area contributed by atoms with Gasteiger partial charge >= 0.3 is 0 Å². The van der Waals surface area contributed by atoms with E-state index in [9.17, 15) is 9.59 Å². The molecule has 6 nitrogen and oxygen atoms in total. The first-order chi connectivity index (χ1) is 18.6. The van der Waals surface area contributed by atoms with Crippen molar-refractivity contribution in [3.8, 4) is 0 Å². The summed E-state index contributed by atoms with van der Waals surface area (Å²) in [4.78, 5) is 29.8. The average Bonchev–Trinajstić information content (AvgIpc) is 3.47. The Labute approximate surface area is 229 Å². The van der Waals surface area contributed by atoms with Crippen LogP contribution in [0.5, 0.6) is 0 Å². The van der Waals surface area contributed by atoms with E-state index < -0.39 is 4.33 Å². The second kappa shape index (κ2) is 10.2. The molecule has 186 valence electrons. The maximum absolute atomic E-state index is 14.1. The number of rotatable bonds is 5. The van der Waals surface area contributed by atoms with Gasteiger partial charge in [0.05, 0.1) is 10.6 Å². The lowest BCUT2D eigenvalue weighted by Gasteiger charge is -2.38. The monoisotopic (exact) mass is 534 g/mol. The molecule has 1 saturated heterocycles. The number of carbonyl (C=O) groups is 2. The van der Waals surface area contributed by atoms with Gasteiger partial charge in [-0.1, -0.05) is 96.7 Å². The average molecular weight is 535 g/mol. The molecule has 1 spiro atoms. The zero-order valence-electron chi connectivity index (χ0n) is 20.1. The van der Waals surface area contributed by atoms with E-state index in [1.165, 1.54) is 23.5 Å². The number of hydrazone groups is 1. The minimum absolute atomic E-state index is 0.154. The lowest BCUT2D eigenvalue weighted by molar-refractivity contribution is -0.114. The van der Waals surface area contributed by atoms with E-state index >= 15 is 0 Å². The van der Waals surface area contributed by atoms with Crippen molar-refractivity contribution in [1.29, 1.82) is 0 Å². The zero-order valence-corrected chi connectivity index (χ0v) is 21.7. The Morgan fingerprint density at radius 2 is 1.29 bits per heavy atom. The Morgan fingerprint density at radius 3 is 1.92 bits per heavy atom. The smallest absolute Gasteiger partial charge is 0.282 e. The van der Waals surface area contributed by atoms with Gasteiger partial charge in [0, 0.05) is 11.4 Å². The number of amides is 2. The molecule has 2 aliphatic heterocycles. The third-order valence-corrected chi connectivity index (χ3v) is 8.68. The second-order valence-corrected chi connectivity index (χ2v) is 11.2. The fourth-order valence-electron chi connectivity index (χ4n) is 4.26. The van der Waals surface area contributed by atoms with E-state index in [0.29, 0.717) is 10.6 Å². The van der Waals surface area contributed by atoms with Crippen molar-refractivity contribution in [3.63, 3.8) is 0 Å². The summed E-state index contributed by atoms with van der Waals surface area (Å²) in [5.74, 6) is -0.487. The molecular weight excluding hydrogens is 512 g/mol. The molecule has 2 amide bonds. The van der Waals surface area contributed by atoms with Crippen LogP contribution in [0.3, 0.4) is 0 Å². The predicted octanol–water partition coefficient (Wildman–Crippen LogP) is 6.62. The molecule has 2 heterocycles. The summed E-state index contributed by atoms with van der Waals surface area (Å²) in [6.07, 6.45) is 1.89. The lowest BCUT2D eigenvalue weighted by atomic mass is 10.2. The van der Waals surface area contributed by atoms with Crippen LogP contribution in [-0.2, 0) is 9.59 Å². The number of para-hydroxylation sites is 3. The fourth-order valence-corrected chi connectivity index (χ4v) is 7.13. The Balaban J connectivity index is 1.46. The summed E-state index contributed by atoms with van der Waals surface area (Å²) in [6, 6.07) is 38.1. The first-order valence-corrected chi connectivity index (χ1v) is 13.6. The van der Waals surface area contributed by atoms with Crippen LogP contribution in [0.4, 0.5) is 17.1 Å². The molecule has 1 atom stereocenters. The summed E-state index contributed by atoms with van der Waals surface area (Å²) in [5.41, 5.74) is 3.08. The molecule has 38 heavy (non-hydrogen) atoms. The highest BCUT2D eigenvalue weighted by Crippen LogP contribution is 2.59. The molecule has 0 saturated carbocycles. The minimum atomic E-state index is -1.08. The van der Waals surface area contributed by atoms with E-state index in [-0.39, 0.29) is 16.9 Å². The largest absolute Gasteiger partial charge is 0.320 e.